The second kappa shape index (κ2) is 13.3. The molecule has 1 fully saturated rings. The number of nitrogens with one attached hydrogen (secondary N) is 2. The van der Waals surface area contributed by atoms with Crippen LogP contribution in [0.5, 0.6) is 5.75 Å². The number of nitrogens with zero attached hydrogens (tertiary/aromatic N) is 2. The normalized spacial score (nSPS) is 17.6. The van der Waals surface area contributed by atoms with Crippen molar-refractivity contribution in [3.63, 3.8) is 0 Å². The van der Waals surface area contributed by atoms with Gasteiger partial charge in [0.05, 0.1) is 35.4 Å². The van der Waals surface area contributed by atoms with Crippen molar-refractivity contribution in [2.75, 3.05) is 43.6 Å². The number of sulfone groups is 1. The zero-order chi connectivity index (χ0) is 30.5. The Kier molecular flexibility index (Phi) is 10.00. The van der Waals surface area contributed by atoms with E-state index in [2.05, 4.69) is 41.2 Å². The first-order valence-corrected chi connectivity index (χ1v) is 16.1. The van der Waals surface area contributed by atoms with Gasteiger partial charge in [-0.25, -0.2) is 8.42 Å². The first-order valence-electron chi connectivity index (χ1n) is 14.2. The third-order valence-corrected chi connectivity index (χ3v) is 8.96. The average molecular weight is 605 g/mol. The average Bonchev–Trinajstić information content (AvgIpc) is 3.28. The molecular formula is C31H39F3N4O3S. The van der Waals surface area contributed by atoms with Gasteiger partial charge in [0.1, 0.15) is 12.3 Å². The summed E-state index contributed by atoms with van der Waals surface area (Å²) in [5, 5.41) is 7.38. The van der Waals surface area contributed by atoms with Crippen molar-refractivity contribution in [3.8, 4) is 17.6 Å². The summed E-state index contributed by atoms with van der Waals surface area (Å²) >= 11 is 0. The van der Waals surface area contributed by atoms with E-state index >= 15 is 0 Å². The minimum atomic E-state index is -4.42. The van der Waals surface area contributed by atoms with E-state index in [0.717, 1.165) is 50.7 Å². The molecule has 1 aliphatic carbocycles. The second-order valence-electron chi connectivity index (χ2n) is 10.6. The fourth-order valence-corrected chi connectivity index (χ4v) is 6.37. The van der Waals surface area contributed by atoms with Gasteiger partial charge in [-0.3, -0.25) is 0 Å². The Morgan fingerprint density at radius 2 is 1.76 bits per heavy atom. The van der Waals surface area contributed by atoms with Gasteiger partial charge in [-0.2, -0.15) is 13.2 Å². The molecule has 2 N–H and O–H groups in total. The fraction of sp³-hybridized carbons (Fsp3) is 0.484. The van der Waals surface area contributed by atoms with Crippen molar-refractivity contribution in [2.24, 2.45) is 0 Å². The van der Waals surface area contributed by atoms with Crippen molar-refractivity contribution in [1.29, 1.82) is 0 Å². The molecule has 1 aliphatic rings. The molecule has 228 valence electrons. The highest BCUT2D eigenvalue weighted by molar-refractivity contribution is 7.90. The van der Waals surface area contributed by atoms with Gasteiger partial charge in [0, 0.05) is 35.5 Å². The predicted octanol–water partition coefficient (Wildman–Crippen LogP) is 6.14. The second-order valence-corrected chi connectivity index (χ2v) is 12.6. The van der Waals surface area contributed by atoms with Gasteiger partial charge in [0.25, 0.3) is 0 Å². The largest absolute Gasteiger partial charge is 0.495 e. The molecule has 42 heavy (non-hydrogen) atoms. The molecule has 1 saturated carbocycles. The molecule has 0 aliphatic heterocycles. The number of rotatable bonds is 10. The molecule has 11 heteroatoms. The van der Waals surface area contributed by atoms with Crippen LogP contribution in [0.2, 0.25) is 0 Å². The van der Waals surface area contributed by atoms with Crippen LogP contribution in [0.25, 0.3) is 10.9 Å². The molecule has 0 saturated heterocycles. The van der Waals surface area contributed by atoms with Crippen molar-refractivity contribution >= 4 is 32.1 Å². The van der Waals surface area contributed by atoms with Crippen LogP contribution in [0.1, 0.15) is 45.2 Å². The smallest absolute Gasteiger partial charge is 0.406 e. The van der Waals surface area contributed by atoms with Gasteiger partial charge in [-0.15, -0.1) is 0 Å². The molecule has 0 atom stereocenters. The lowest BCUT2D eigenvalue weighted by Gasteiger charge is -2.36. The lowest BCUT2D eigenvalue weighted by atomic mass is 9.90. The lowest BCUT2D eigenvalue weighted by Crippen LogP contribution is -2.40. The molecule has 3 aromatic rings. The molecule has 0 radical (unpaired) electrons. The molecule has 0 spiro atoms. The summed E-state index contributed by atoms with van der Waals surface area (Å²) in [6, 6.07) is 12.4. The zero-order valence-corrected chi connectivity index (χ0v) is 25.3. The summed E-state index contributed by atoms with van der Waals surface area (Å²) in [7, 11) is -1.98. The number of methoxy groups -OCH3 is 1. The van der Waals surface area contributed by atoms with E-state index in [-0.39, 0.29) is 23.2 Å². The zero-order valence-electron chi connectivity index (χ0n) is 24.5. The maximum absolute atomic E-state index is 13.6. The first kappa shape index (κ1) is 31.6. The first-order chi connectivity index (χ1) is 19.9. The van der Waals surface area contributed by atoms with Gasteiger partial charge in [-0.05, 0) is 75.0 Å². The number of benzene rings is 2. The Morgan fingerprint density at radius 3 is 2.38 bits per heavy atom. The Hall–Kier alpha value is -3.36. The highest BCUT2D eigenvalue weighted by Crippen LogP contribution is 2.33. The van der Waals surface area contributed by atoms with E-state index in [0.29, 0.717) is 28.4 Å². The van der Waals surface area contributed by atoms with E-state index in [9.17, 15) is 21.6 Å². The molecule has 1 heterocycles. The van der Waals surface area contributed by atoms with Crippen molar-refractivity contribution in [3.05, 3.63) is 48.2 Å². The SMILES string of the molecule is CCN(CC)C1CCC(Nc2cccc3c2cc(C#CCNc2ccc(S(C)(=O)=O)cc2OC)n3CC(F)(F)F)CC1. The maximum Gasteiger partial charge on any atom is 0.406 e. The fourth-order valence-electron chi connectivity index (χ4n) is 5.73. The third-order valence-electron chi connectivity index (χ3n) is 7.85. The number of alkyl halides is 3. The van der Waals surface area contributed by atoms with Crippen LogP contribution in [0.15, 0.2) is 47.4 Å². The summed E-state index contributed by atoms with van der Waals surface area (Å²) < 4.78 is 71.0. The van der Waals surface area contributed by atoms with Crippen LogP contribution in [0.3, 0.4) is 0 Å². The minimum Gasteiger partial charge on any atom is -0.495 e. The number of fused-ring (bicyclic) bond motifs is 1. The monoisotopic (exact) mass is 604 g/mol. The minimum absolute atomic E-state index is 0.114. The van der Waals surface area contributed by atoms with E-state index in [1.54, 1.807) is 24.3 Å². The van der Waals surface area contributed by atoms with Crippen LogP contribution in [0, 0.1) is 11.8 Å². The third kappa shape index (κ3) is 7.72. The standard InChI is InChI=1S/C31H39F3N4O3S/c1-5-37(6-2)23-14-12-22(13-15-23)36-27-10-7-11-29-26(27)19-24(38(29)21-31(32,33)34)9-8-18-35-28-17-16-25(42(4,39)40)20-30(28)41-3/h7,10-11,16-17,19-20,22-23,35-36H,5-6,12-15,18,21H2,1-4H3. The number of hydrogen-bond donors (Lipinski definition) is 2. The number of halogens is 3. The summed E-state index contributed by atoms with van der Waals surface area (Å²) in [6.07, 6.45) is 0.897. The highest BCUT2D eigenvalue weighted by atomic mass is 32.2. The summed E-state index contributed by atoms with van der Waals surface area (Å²) in [4.78, 5) is 2.61. The molecule has 0 amide bonds. The Bertz CT molecular complexity index is 1550. The Morgan fingerprint density at radius 1 is 1.05 bits per heavy atom. The van der Waals surface area contributed by atoms with Crippen LogP contribution in [-0.2, 0) is 16.4 Å². The van der Waals surface area contributed by atoms with Crippen LogP contribution in [0.4, 0.5) is 24.5 Å². The Labute approximate surface area is 246 Å². The highest BCUT2D eigenvalue weighted by Gasteiger charge is 2.30. The predicted molar refractivity (Wildman–Crippen MR) is 162 cm³/mol. The molecule has 7 nitrogen and oxygen atoms in total. The number of ether oxygens (including phenoxy) is 1. The van der Waals surface area contributed by atoms with Gasteiger partial charge < -0.3 is 24.8 Å². The van der Waals surface area contributed by atoms with Gasteiger partial charge in [0.15, 0.2) is 9.84 Å². The molecule has 2 aromatic carbocycles. The van der Waals surface area contributed by atoms with Gasteiger partial charge in [0.2, 0.25) is 0 Å². The number of aromatic nitrogens is 1. The molecule has 0 bridgehead atoms. The summed E-state index contributed by atoms with van der Waals surface area (Å²) in [5.41, 5.74) is 2.08. The molecule has 4 rings (SSSR count). The van der Waals surface area contributed by atoms with Crippen LogP contribution in [-0.4, -0.2) is 69.1 Å². The van der Waals surface area contributed by atoms with Crippen molar-refractivity contribution in [2.45, 2.75) is 69.2 Å². The molecular weight excluding hydrogens is 565 g/mol. The number of anilines is 2. The summed E-state index contributed by atoms with van der Waals surface area (Å²) in [6.45, 7) is 5.41. The molecule has 0 unspecified atom stereocenters. The van der Waals surface area contributed by atoms with E-state index in [1.165, 1.54) is 23.8 Å². The lowest BCUT2D eigenvalue weighted by molar-refractivity contribution is -0.140. The quantitative estimate of drug-likeness (QED) is 0.271. The van der Waals surface area contributed by atoms with E-state index in [1.807, 2.05) is 6.07 Å². The van der Waals surface area contributed by atoms with Crippen LogP contribution >= 0.6 is 0 Å². The topological polar surface area (TPSA) is 75.6 Å². The van der Waals surface area contributed by atoms with E-state index in [4.69, 9.17) is 4.74 Å². The van der Waals surface area contributed by atoms with Gasteiger partial charge in [-0.1, -0.05) is 25.8 Å². The Balaban J connectivity index is 1.55. The summed E-state index contributed by atoms with van der Waals surface area (Å²) in [5.74, 6) is 6.15. The maximum atomic E-state index is 13.6. The van der Waals surface area contributed by atoms with E-state index < -0.39 is 22.6 Å². The molecule has 1 aromatic heterocycles. The van der Waals surface area contributed by atoms with Gasteiger partial charge >= 0.3 is 6.18 Å². The number of hydrogen-bond acceptors (Lipinski definition) is 6. The van der Waals surface area contributed by atoms with Crippen molar-refractivity contribution in [1.82, 2.24) is 9.47 Å². The van der Waals surface area contributed by atoms with Crippen LogP contribution < -0.4 is 15.4 Å². The van der Waals surface area contributed by atoms with Crippen molar-refractivity contribution < 1.29 is 26.3 Å².